The van der Waals surface area contributed by atoms with Crippen molar-refractivity contribution in [3.63, 3.8) is 0 Å². The molecule has 0 aliphatic heterocycles. The molecule has 28 heavy (non-hydrogen) atoms. The summed E-state index contributed by atoms with van der Waals surface area (Å²) in [7, 11) is -2.66. The zero-order chi connectivity index (χ0) is 22.2. The van der Waals surface area contributed by atoms with Gasteiger partial charge >= 0.3 is 18.0 Å². The van der Waals surface area contributed by atoms with Gasteiger partial charge in [0, 0.05) is 16.1 Å². The predicted molar refractivity (Wildman–Crippen MR) is 116 cm³/mol. The smallest absolute Gasteiger partial charge is 0.411 e. The minimum atomic E-state index is -1.33. The Labute approximate surface area is 172 Å². The molecule has 7 nitrogen and oxygen atoms in total. The van der Waals surface area contributed by atoms with Crippen LogP contribution in [0.25, 0.3) is 0 Å². The Kier molecular flexibility index (Phi) is 10.5. The molecule has 0 radical (unpaired) electrons. The van der Waals surface area contributed by atoms with Crippen LogP contribution in [0.5, 0.6) is 0 Å². The molecule has 0 heterocycles. The number of nitrogens with zero attached hydrogens (tertiary/aromatic N) is 1. The van der Waals surface area contributed by atoms with Gasteiger partial charge in [-0.2, -0.15) is 0 Å². The summed E-state index contributed by atoms with van der Waals surface area (Å²) >= 11 is 0. The van der Waals surface area contributed by atoms with E-state index in [1.165, 1.54) is 0 Å². The molecule has 0 aromatic carbocycles. The van der Waals surface area contributed by atoms with Crippen LogP contribution in [0.1, 0.15) is 20.8 Å². The summed E-state index contributed by atoms with van der Waals surface area (Å²) in [6.07, 6.45) is -0.739. The molecule has 0 N–H and O–H groups in total. The maximum atomic E-state index is 12.4. The second-order valence-electron chi connectivity index (χ2n) is 10.4. The van der Waals surface area contributed by atoms with Crippen molar-refractivity contribution in [1.29, 1.82) is 0 Å². The van der Waals surface area contributed by atoms with Crippen molar-refractivity contribution >= 4 is 34.2 Å². The van der Waals surface area contributed by atoms with Gasteiger partial charge in [0.2, 0.25) is 0 Å². The summed E-state index contributed by atoms with van der Waals surface area (Å²) in [6.45, 7) is 18.2. The zero-order valence-electron chi connectivity index (χ0n) is 19.1. The molecule has 0 aromatic rings. The number of carbonyl (C=O) groups is 3. The number of amides is 1. The van der Waals surface area contributed by atoms with Crippen molar-refractivity contribution in [2.75, 3.05) is 26.3 Å². The van der Waals surface area contributed by atoms with Crippen molar-refractivity contribution in [1.82, 2.24) is 4.90 Å². The molecule has 1 amide bonds. The normalized spacial score (nSPS) is 12.3. The van der Waals surface area contributed by atoms with Crippen LogP contribution in [0.2, 0.25) is 51.4 Å². The van der Waals surface area contributed by atoms with Crippen LogP contribution < -0.4 is 0 Å². The van der Waals surface area contributed by atoms with Crippen molar-refractivity contribution in [2.24, 2.45) is 0 Å². The van der Waals surface area contributed by atoms with Gasteiger partial charge in [-0.15, -0.1) is 0 Å². The third-order valence-electron chi connectivity index (χ3n) is 3.52. The average Bonchev–Trinajstić information content (AvgIpc) is 2.41. The number of rotatable bonds is 10. The predicted octanol–water partition coefficient (Wildman–Crippen LogP) is 3.99. The second-order valence-corrected chi connectivity index (χ2v) is 21.6. The van der Waals surface area contributed by atoms with Gasteiger partial charge in [-0.05, 0) is 32.9 Å². The van der Waals surface area contributed by atoms with Gasteiger partial charge in [0.1, 0.15) is 18.7 Å². The topological polar surface area (TPSA) is 82.1 Å². The molecule has 0 bridgehead atoms. The van der Waals surface area contributed by atoms with E-state index in [0.717, 1.165) is 17.0 Å². The minimum absolute atomic E-state index is 0.317. The molecule has 0 aromatic heterocycles. The summed E-state index contributed by atoms with van der Waals surface area (Å²) in [6, 6.07) is 1.67. The maximum absolute atomic E-state index is 12.4. The first-order chi connectivity index (χ1) is 12.5. The molecular weight excluding hydrogens is 394 g/mol. The zero-order valence-corrected chi connectivity index (χ0v) is 21.1. The third kappa shape index (κ3) is 15.7. The van der Waals surface area contributed by atoms with Crippen LogP contribution in [0.15, 0.2) is 0 Å². The molecule has 0 saturated carbocycles. The van der Waals surface area contributed by atoms with Crippen LogP contribution in [0, 0.1) is 0 Å². The molecule has 0 spiro atoms. The quantitative estimate of drug-likeness (QED) is 0.294. The van der Waals surface area contributed by atoms with E-state index in [0.29, 0.717) is 13.2 Å². The van der Waals surface area contributed by atoms with Crippen molar-refractivity contribution in [3.05, 3.63) is 0 Å². The molecule has 0 aliphatic carbocycles. The Morgan fingerprint density at radius 3 is 1.39 bits per heavy atom. The summed E-state index contributed by atoms with van der Waals surface area (Å²) in [4.78, 5) is 37.7. The first-order valence-electron chi connectivity index (χ1n) is 9.78. The molecule has 0 saturated heterocycles. The van der Waals surface area contributed by atoms with Crippen LogP contribution in [0.4, 0.5) is 4.79 Å². The van der Waals surface area contributed by atoms with Crippen molar-refractivity contribution in [2.45, 2.75) is 77.7 Å². The van der Waals surface area contributed by atoms with Gasteiger partial charge < -0.3 is 14.2 Å². The van der Waals surface area contributed by atoms with Crippen LogP contribution in [-0.2, 0) is 23.8 Å². The number of hydrogen-bond acceptors (Lipinski definition) is 6. The fourth-order valence-electron chi connectivity index (χ4n) is 1.86. The Bertz CT molecular complexity index is 498. The van der Waals surface area contributed by atoms with E-state index in [1.807, 2.05) is 0 Å². The van der Waals surface area contributed by atoms with Crippen molar-refractivity contribution < 1.29 is 28.6 Å². The van der Waals surface area contributed by atoms with E-state index in [9.17, 15) is 14.4 Å². The summed E-state index contributed by atoms with van der Waals surface area (Å²) < 4.78 is 15.8. The fourth-order valence-corrected chi connectivity index (χ4v) is 3.29. The van der Waals surface area contributed by atoms with Crippen molar-refractivity contribution in [3.8, 4) is 0 Å². The lowest BCUT2D eigenvalue weighted by Gasteiger charge is -2.26. The SMILES string of the molecule is CC(C)(C)OC(=O)N(CC(=O)OCC[Si](C)(C)C)CC(=O)OCC[Si](C)(C)C. The highest BCUT2D eigenvalue weighted by atomic mass is 28.3. The molecule has 0 fully saturated rings. The number of esters is 2. The third-order valence-corrected chi connectivity index (χ3v) is 6.93. The highest BCUT2D eigenvalue weighted by Gasteiger charge is 2.27. The Morgan fingerprint density at radius 1 is 0.750 bits per heavy atom. The van der Waals surface area contributed by atoms with E-state index in [2.05, 4.69) is 39.3 Å². The van der Waals surface area contributed by atoms with Gasteiger partial charge in [-0.1, -0.05) is 39.3 Å². The second kappa shape index (κ2) is 11.0. The van der Waals surface area contributed by atoms with E-state index >= 15 is 0 Å². The average molecular weight is 434 g/mol. The lowest BCUT2D eigenvalue weighted by atomic mass is 10.2. The van der Waals surface area contributed by atoms with Gasteiger partial charge in [-0.3, -0.25) is 14.5 Å². The molecule has 0 rings (SSSR count). The highest BCUT2D eigenvalue weighted by Crippen LogP contribution is 2.12. The van der Waals surface area contributed by atoms with E-state index < -0.39 is 39.8 Å². The Balaban J connectivity index is 4.80. The first kappa shape index (κ1) is 26.6. The van der Waals surface area contributed by atoms with Gasteiger partial charge in [0.15, 0.2) is 0 Å². The Morgan fingerprint density at radius 2 is 1.11 bits per heavy atom. The molecule has 0 unspecified atom stereocenters. The van der Waals surface area contributed by atoms with Gasteiger partial charge in [0.05, 0.1) is 13.2 Å². The number of hydrogen-bond donors (Lipinski definition) is 0. The number of ether oxygens (including phenoxy) is 3. The molecule has 164 valence electrons. The standard InChI is InChI=1S/C19H39NO6Si2/c1-19(2,3)26-18(23)20(14-16(21)24-10-12-27(4,5)6)15-17(22)25-11-13-28(7,8)9/h10-15H2,1-9H3. The number of carbonyl (C=O) groups excluding carboxylic acids is 3. The molecule has 9 heteroatoms. The van der Waals surface area contributed by atoms with E-state index in [1.54, 1.807) is 20.8 Å². The fraction of sp³-hybridized carbons (Fsp3) is 0.842. The molecule has 0 atom stereocenters. The first-order valence-corrected chi connectivity index (χ1v) is 17.2. The Hall–Kier alpha value is -1.36. The maximum Gasteiger partial charge on any atom is 0.411 e. The van der Waals surface area contributed by atoms with Crippen LogP contribution >= 0.6 is 0 Å². The summed E-state index contributed by atoms with van der Waals surface area (Å²) in [5, 5.41) is 0. The lowest BCUT2D eigenvalue weighted by Crippen LogP contribution is -2.43. The molecular formula is C19H39NO6Si2. The van der Waals surface area contributed by atoms with E-state index in [4.69, 9.17) is 14.2 Å². The van der Waals surface area contributed by atoms with E-state index in [-0.39, 0.29) is 13.1 Å². The lowest BCUT2D eigenvalue weighted by molar-refractivity contribution is -0.148. The molecule has 0 aliphatic rings. The monoisotopic (exact) mass is 433 g/mol. The largest absolute Gasteiger partial charge is 0.465 e. The summed E-state index contributed by atoms with van der Waals surface area (Å²) in [5.74, 6) is -1.11. The van der Waals surface area contributed by atoms with Gasteiger partial charge in [0.25, 0.3) is 0 Å². The summed E-state index contributed by atoms with van der Waals surface area (Å²) in [5.41, 5.74) is -0.737. The van der Waals surface area contributed by atoms with Gasteiger partial charge in [-0.25, -0.2) is 4.79 Å². The minimum Gasteiger partial charge on any atom is -0.465 e. The van der Waals surface area contributed by atoms with Crippen LogP contribution in [-0.4, -0.2) is 71.0 Å². The highest BCUT2D eigenvalue weighted by molar-refractivity contribution is 6.76. The van der Waals surface area contributed by atoms with Crippen LogP contribution in [0.3, 0.4) is 0 Å².